The minimum atomic E-state index is -0.154. The fourth-order valence-corrected chi connectivity index (χ4v) is 1.52. The van der Waals surface area contributed by atoms with Gasteiger partial charge in [0.25, 0.3) is 0 Å². The molecule has 0 aliphatic rings. The van der Waals surface area contributed by atoms with Crippen LogP contribution in [0.4, 0.5) is 0 Å². The van der Waals surface area contributed by atoms with Crippen molar-refractivity contribution in [3.05, 3.63) is 65.7 Å². The summed E-state index contributed by atoms with van der Waals surface area (Å²) in [5, 5.41) is 18.4. The Kier molecular flexibility index (Phi) is 3.44. The summed E-state index contributed by atoms with van der Waals surface area (Å²) in [6.07, 6.45) is 3.07. The number of rotatable bonds is 3. The number of hydrogen-bond donors (Lipinski definition) is 2. The number of hydrogen-bond acceptors (Lipinski definition) is 3. The van der Waals surface area contributed by atoms with E-state index in [1.54, 1.807) is 42.5 Å². The first-order chi connectivity index (χ1) is 8.65. The van der Waals surface area contributed by atoms with E-state index in [9.17, 15) is 9.90 Å². The quantitative estimate of drug-likeness (QED) is 0.640. The van der Waals surface area contributed by atoms with Crippen LogP contribution in [0, 0.1) is 0 Å². The molecular weight excluding hydrogens is 228 g/mol. The van der Waals surface area contributed by atoms with Crippen molar-refractivity contribution in [2.45, 2.75) is 0 Å². The van der Waals surface area contributed by atoms with E-state index in [2.05, 4.69) is 0 Å². The summed E-state index contributed by atoms with van der Waals surface area (Å²) in [4.78, 5) is 11.8. The SMILES string of the molecule is O=C(/C=C\c1cccc(O)c1)c1ccc(O)cc1. The van der Waals surface area contributed by atoms with Gasteiger partial charge in [-0.3, -0.25) is 4.79 Å². The highest BCUT2D eigenvalue weighted by Crippen LogP contribution is 2.14. The van der Waals surface area contributed by atoms with Gasteiger partial charge in [-0.1, -0.05) is 18.2 Å². The van der Waals surface area contributed by atoms with Gasteiger partial charge in [-0.15, -0.1) is 0 Å². The molecule has 0 radical (unpaired) electrons. The second-order valence-corrected chi connectivity index (χ2v) is 3.84. The number of aromatic hydroxyl groups is 2. The van der Waals surface area contributed by atoms with E-state index in [0.717, 1.165) is 5.56 Å². The van der Waals surface area contributed by atoms with Crippen molar-refractivity contribution in [3.63, 3.8) is 0 Å². The molecule has 0 unspecified atom stereocenters. The molecule has 2 aromatic rings. The van der Waals surface area contributed by atoms with Crippen molar-refractivity contribution < 1.29 is 15.0 Å². The van der Waals surface area contributed by atoms with Gasteiger partial charge in [-0.2, -0.15) is 0 Å². The topological polar surface area (TPSA) is 57.5 Å². The van der Waals surface area contributed by atoms with Crippen molar-refractivity contribution in [2.24, 2.45) is 0 Å². The molecular formula is C15H12O3. The van der Waals surface area contributed by atoms with Gasteiger partial charge in [-0.05, 0) is 48.0 Å². The highest BCUT2D eigenvalue weighted by atomic mass is 16.3. The van der Waals surface area contributed by atoms with E-state index in [1.807, 2.05) is 0 Å². The van der Waals surface area contributed by atoms with Gasteiger partial charge in [-0.25, -0.2) is 0 Å². The number of phenols is 2. The molecule has 0 aliphatic carbocycles. The van der Waals surface area contributed by atoms with Gasteiger partial charge < -0.3 is 10.2 Å². The highest BCUT2D eigenvalue weighted by molar-refractivity contribution is 6.06. The summed E-state index contributed by atoms with van der Waals surface area (Å²) in [5.41, 5.74) is 1.26. The Morgan fingerprint density at radius 3 is 2.33 bits per heavy atom. The summed E-state index contributed by atoms with van der Waals surface area (Å²) in [6.45, 7) is 0. The molecule has 0 aromatic heterocycles. The van der Waals surface area contributed by atoms with Crippen LogP contribution in [-0.2, 0) is 0 Å². The van der Waals surface area contributed by atoms with Crippen molar-refractivity contribution in [1.82, 2.24) is 0 Å². The van der Waals surface area contributed by atoms with Crippen LogP contribution in [0.3, 0.4) is 0 Å². The number of carbonyl (C=O) groups excluding carboxylic acids is 1. The van der Waals surface area contributed by atoms with Crippen LogP contribution in [0.25, 0.3) is 6.08 Å². The molecule has 0 bridgehead atoms. The first kappa shape index (κ1) is 11.9. The van der Waals surface area contributed by atoms with E-state index in [4.69, 9.17) is 5.11 Å². The van der Waals surface area contributed by atoms with E-state index in [1.165, 1.54) is 18.2 Å². The van der Waals surface area contributed by atoms with E-state index < -0.39 is 0 Å². The van der Waals surface area contributed by atoms with Gasteiger partial charge in [0.1, 0.15) is 11.5 Å². The first-order valence-corrected chi connectivity index (χ1v) is 5.45. The smallest absolute Gasteiger partial charge is 0.185 e. The Morgan fingerprint density at radius 1 is 0.944 bits per heavy atom. The van der Waals surface area contributed by atoms with Crippen LogP contribution in [0.15, 0.2) is 54.6 Å². The fraction of sp³-hybridized carbons (Fsp3) is 0. The molecule has 0 saturated heterocycles. The average molecular weight is 240 g/mol. The van der Waals surface area contributed by atoms with Crippen LogP contribution in [0.2, 0.25) is 0 Å². The molecule has 0 aliphatic heterocycles. The normalized spacial score (nSPS) is 10.7. The molecule has 0 spiro atoms. The lowest BCUT2D eigenvalue weighted by atomic mass is 10.1. The predicted molar refractivity (Wildman–Crippen MR) is 69.6 cm³/mol. The molecule has 0 fully saturated rings. The Morgan fingerprint density at radius 2 is 1.67 bits per heavy atom. The van der Waals surface area contributed by atoms with Crippen molar-refractivity contribution in [2.75, 3.05) is 0 Å². The Hall–Kier alpha value is -2.55. The lowest BCUT2D eigenvalue weighted by Crippen LogP contribution is -1.92. The third-order valence-corrected chi connectivity index (χ3v) is 2.45. The molecule has 0 saturated carbocycles. The standard InChI is InChI=1S/C15H12O3/c16-13-7-5-12(6-8-13)15(18)9-4-11-2-1-3-14(17)10-11/h1-10,16-17H/b9-4-. The second kappa shape index (κ2) is 5.19. The molecule has 90 valence electrons. The van der Waals surface area contributed by atoms with Crippen molar-refractivity contribution >= 4 is 11.9 Å². The fourth-order valence-electron chi connectivity index (χ4n) is 1.52. The van der Waals surface area contributed by atoms with Crippen LogP contribution in [-0.4, -0.2) is 16.0 Å². The monoisotopic (exact) mass is 240 g/mol. The molecule has 0 atom stereocenters. The highest BCUT2D eigenvalue weighted by Gasteiger charge is 2.01. The third-order valence-electron chi connectivity index (χ3n) is 2.45. The molecule has 18 heavy (non-hydrogen) atoms. The van der Waals surface area contributed by atoms with Gasteiger partial charge in [0.2, 0.25) is 0 Å². The third kappa shape index (κ3) is 2.98. The Balaban J connectivity index is 2.14. The van der Waals surface area contributed by atoms with Gasteiger partial charge in [0.05, 0.1) is 0 Å². The van der Waals surface area contributed by atoms with E-state index in [-0.39, 0.29) is 17.3 Å². The maximum atomic E-state index is 11.8. The minimum Gasteiger partial charge on any atom is -0.508 e. The second-order valence-electron chi connectivity index (χ2n) is 3.84. The molecule has 0 heterocycles. The Labute approximate surface area is 105 Å². The molecule has 2 N–H and O–H groups in total. The summed E-state index contributed by atoms with van der Waals surface area (Å²) in [7, 11) is 0. The number of benzene rings is 2. The van der Waals surface area contributed by atoms with Crippen molar-refractivity contribution in [3.8, 4) is 11.5 Å². The number of phenolic OH excluding ortho intramolecular Hbond substituents is 2. The summed E-state index contributed by atoms with van der Waals surface area (Å²) >= 11 is 0. The van der Waals surface area contributed by atoms with E-state index >= 15 is 0 Å². The predicted octanol–water partition coefficient (Wildman–Crippen LogP) is 2.99. The lowest BCUT2D eigenvalue weighted by molar-refractivity contribution is 0.104. The maximum Gasteiger partial charge on any atom is 0.185 e. The van der Waals surface area contributed by atoms with Crippen LogP contribution < -0.4 is 0 Å². The molecule has 3 nitrogen and oxygen atoms in total. The van der Waals surface area contributed by atoms with Crippen LogP contribution >= 0.6 is 0 Å². The number of carbonyl (C=O) groups is 1. The summed E-state index contributed by atoms with van der Waals surface area (Å²) in [5.74, 6) is 0.135. The zero-order valence-corrected chi connectivity index (χ0v) is 9.58. The zero-order valence-electron chi connectivity index (χ0n) is 9.58. The molecule has 2 rings (SSSR count). The summed E-state index contributed by atoms with van der Waals surface area (Å²) in [6, 6.07) is 12.7. The lowest BCUT2D eigenvalue weighted by Gasteiger charge is -1.97. The van der Waals surface area contributed by atoms with Gasteiger partial charge in [0, 0.05) is 5.56 Å². The average Bonchev–Trinajstić information content (AvgIpc) is 2.37. The Bertz CT molecular complexity index is 583. The van der Waals surface area contributed by atoms with E-state index in [0.29, 0.717) is 5.56 Å². The zero-order chi connectivity index (χ0) is 13.0. The molecule has 0 amide bonds. The summed E-state index contributed by atoms with van der Waals surface area (Å²) < 4.78 is 0. The van der Waals surface area contributed by atoms with Crippen molar-refractivity contribution in [1.29, 1.82) is 0 Å². The van der Waals surface area contributed by atoms with Gasteiger partial charge >= 0.3 is 0 Å². The largest absolute Gasteiger partial charge is 0.508 e. The molecule has 2 aromatic carbocycles. The van der Waals surface area contributed by atoms with Gasteiger partial charge in [0.15, 0.2) is 5.78 Å². The van der Waals surface area contributed by atoms with Crippen LogP contribution in [0.1, 0.15) is 15.9 Å². The minimum absolute atomic E-state index is 0.128. The maximum absolute atomic E-state index is 11.8. The first-order valence-electron chi connectivity index (χ1n) is 5.45. The van der Waals surface area contributed by atoms with Crippen LogP contribution in [0.5, 0.6) is 11.5 Å². The molecule has 3 heteroatoms. The number of ketones is 1. The number of allylic oxidation sites excluding steroid dienone is 1.